The first-order valence-electron chi connectivity index (χ1n) is 9.66. The summed E-state index contributed by atoms with van der Waals surface area (Å²) in [6.45, 7) is 6.67. The summed E-state index contributed by atoms with van der Waals surface area (Å²) in [4.78, 5) is 16.0. The van der Waals surface area contributed by atoms with Crippen LogP contribution in [0.4, 0.5) is 5.69 Å². The Bertz CT molecular complexity index is 1010. The summed E-state index contributed by atoms with van der Waals surface area (Å²) in [7, 11) is 1.66. The van der Waals surface area contributed by atoms with E-state index in [2.05, 4.69) is 41.5 Å². The standard InChI is InChI=1S/C24H27N3O2/c1-15-6-5-11-26-23(15)22-21(19-9-7-18(8-10-19)17(3)13-25)20(29-4)12-16(2)24(22)27-14-28/h5-12,14,17H,13,25H2,1-4H3,(H,27,28). The zero-order valence-electron chi connectivity index (χ0n) is 17.3. The molecule has 0 fully saturated rings. The van der Waals surface area contributed by atoms with E-state index in [0.29, 0.717) is 13.0 Å². The van der Waals surface area contributed by atoms with Gasteiger partial charge < -0.3 is 15.8 Å². The predicted molar refractivity (Wildman–Crippen MR) is 118 cm³/mol. The summed E-state index contributed by atoms with van der Waals surface area (Å²) in [5, 5.41) is 2.88. The molecule has 0 saturated heterocycles. The summed E-state index contributed by atoms with van der Waals surface area (Å²) in [6, 6.07) is 14.2. The van der Waals surface area contributed by atoms with Crippen molar-refractivity contribution in [3.05, 3.63) is 65.4 Å². The number of nitrogens with two attached hydrogens (primary N) is 1. The molecule has 5 heteroatoms. The molecule has 0 aliphatic rings. The van der Waals surface area contributed by atoms with E-state index in [-0.39, 0.29) is 5.92 Å². The van der Waals surface area contributed by atoms with E-state index in [1.165, 1.54) is 5.56 Å². The average Bonchev–Trinajstić information content (AvgIpc) is 2.75. The van der Waals surface area contributed by atoms with Crippen molar-refractivity contribution in [2.24, 2.45) is 5.73 Å². The van der Waals surface area contributed by atoms with Crippen molar-refractivity contribution in [3.63, 3.8) is 0 Å². The van der Waals surface area contributed by atoms with Crippen LogP contribution in [0.5, 0.6) is 5.75 Å². The molecular weight excluding hydrogens is 362 g/mol. The third-order valence-electron chi connectivity index (χ3n) is 5.28. The quantitative estimate of drug-likeness (QED) is 0.576. The lowest BCUT2D eigenvalue weighted by Gasteiger charge is -2.21. The third-order valence-corrected chi connectivity index (χ3v) is 5.28. The van der Waals surface area contributed by atoms with Crippen LogP contribution in [0.25, 0.3) is 22.4 Å². The van der Waals surface area contributed by atoms with E-state index < -0.39 is 0 Å². The Balaban J connectivity index is 2.34. The smallest absolute Gasteiger partial charge is 0.211 e. The Kier molecular flexibility index (Phi) is 6.29. The summed E-state index contributed by atoms with van der Waals surface area (Å²) < 4.78 is 5.75. The van der Waals surface area contributed by atoms with E-state index in [0.717, 1.165) is 44.9 Å². The molecule has 1 aromatic heterocycles. The van der Waals surface area contributed by atoms with E-state index in [1.807, 2.05) is 32.0 Å². The van der Waals surface area contributed by atoms with Crippen LogP contribution in [0.15, 0.2) is 48.7 Å². The predicted octanol–water partition coefficient (Wildman–Crippen LogP) is 4.67. The highest BCUT2D eigenvalue weighted by Gasteiger charge is 2.22. The molecule has 1 atom stereocenters. The fourth-order valence-corrected chi connectivity index (χ4v) is 3.58. The minimum atomic E-state index is 0.286. The number of hydrogen-bond acceptors (Lipinski definition) is 4. The SMILES string of the molecule is COc1cc(C)c(NC=O)c(-c2ncccc2C)c1-c1ccc(C(C)CN)cc1. The highest BCUT2D eigenvalue weighted by Crippen LogP contribution is 2.46. The third kappa shape index (κ3) is 4.00. The van der Waals surface area contributed by atoms with Crippen LogP contribution in [0, 0.1) is 13.8 Å². The summed E-state index contributed by atoms with van der Waals surface area (Å²) in [5.74, 6) is 1.02. The van der Waals surface area contributed by atoms with Gasteiger partial charge in [-0.05, 0) is 60.7 Å². The number of methoxy groups -OCH3 is 1. The highest BCUT2D eigenvalue weighted by molar-refractivity contribution is 5.99. The Labute approximate surface area is 171 Å². The molecule has 0 radical (unpaired) electrons. The maximum atomic E-state index is 11.4. The van der Waals surface area contributed by atoms with Gasteiger partial charge in [-0.25, -0.2) is 0 Å². The Morgan fingerprint density at radius 1 is 1.14 bits per heavy atom. The van der Waals surface area contributed by atoms with Crippen LogP contribution >= 0.6 is 0 Å². The molecule has 0 aliphatic heterocycles. The minimum absolute atomic E-state index is 0.286. The van der Waals surface area contributed by atoms with Crippen molar-refractivity contribution in [3.8, 4) is 28.1 Å². The number of nitrogens with one attached hydrogen (secondary N) is 1. The normalized spacial score (nSPS) is 11.8. The van der Waals surface area contributed by atoms with Crippen molar-refractivity contribution >= 4 is 12.1 Å². The van der Waals surface area contributed by atoms with Gasteiger partial charge in [0.15, 0.2) is 0 Å². The second-order valence-corrected chi connectivity index (χ2v) is 7.21. The molecule has 3 N–H and O–H groups in total. The van der Waals surface area contributed by atoms with Crippen LogP contribution in [0.3, 0.4) is 0 Å². The molecule has 29 heavy (non-hydrogen) atoms. The second kappa shape index (κ2) is 8.88. The Morgan fingerprint density at radius 3 is 2.45 bits per heavy atom. The summed E-state index contributed by atoms with van der Waals surface area (Å²) >= 11 is 0. The molecule has 1 amide bonds. The number of rotatable bonds is 7. The van der Waals surface area contributed by atoms with Crippen LogP contribution in [-0.4, -0.2) is 25.0 Å². The van der Waals surface area contributed by atoms with Crippen molar-refractivity contribution in [1.29, 1.82) is 0 Å². The molecule has 0 aliphatic carbocycles. The number of anilines is 1. The first kappa shape index (κ1) is 20.6. The van der Waals surface area contributed by atoms with Crippen LogP contribution in [0.2, 0.25) is 0 Å². The van der Waals surface area contributed by atoms with Crippen molar-refractivity contribution in [2.75, 3.05) is 19.0 Å². The van der Waals surface area contributed by atoms with Gasteiger partial charge in [-0.1, -0.05) is 37.3 Å². The molecule has 0 spiro atoms. The molecular formula is C24H27N3O2. The first-order chi connectivity index (χ1) is 14.0. The maximum Gasteiger partial charge on any atom is 0.211 e. The van der Waals surface area contributed by atoms with Gasteiger partial charge in [0.2, 0.25) is 6.41 Å². The monoisotopic (exact) mass is 389 g/mol. The molecule has 5 nitrogen and oxygen atoms in total. The largest absolute Gasteiger partial charge is 0.496 e. The van der Waals surface area contributed by atoms with Crippen LogP contribution in [0.1, 0.15) is 29.5 Å². The zero-order valence-corrected chi connectivity index (χ0v) is 17.3. The number of carbonyl (C=O) groups excluding carboxylic acids is 1. The molecule has 3 aromatic rings. The number of aromatic nitrogens is 1. The first-order valence-corrected chi connectivity index (χ1v) is 9.66. The van der Waals surface area contributed by atoms with Crippen molar-refractivity contribution in [2.45, 2.75) is 26.7 Å². The maximum absolute atomic E-state index is 11.4. The lowest BCUT2D eigenvalue weighted by atomic mass is 9.89. The number of ether oxygens (including phenoxy) is 1. The average molecular weight is 389 g/mol. The van der Waals surface area contributed by atoms with E-state index >= 15 is 0 Å². The number of pyridine rings is 1. The number of hydrogen-bond donors (Lipinski definition) is 2. The van der Waals surface area contributed by atoms with Gasteiger partial charge in [-0.2, -0.15) is 0 Å². The highest BCUT2D eigenvalue weighted by atomic mass is 16.5. The second-order valence-electron chi connectivity index (χ2n) is 7.21. The van der Waals surface area contributed by atoms with Gasteiger partial charge in [0.1, 0.15) is 5.75 Å². The van der Waals surface area contributed by atoms with Gasteiger partial charge in [0, 0.05) is 17.3 Å². The molecule has 150 valence electrons. The van der Waals surface area contributed by atoms with Crippen LogP contribution < -0.4 is 15.8 Å². The van der Waals surface area contributed by atoms with E-state index in [1.54, 1.807) is 13.3 Å². The topological polar surface area (TPSA) is 77.2 Å². The van der Waals surface area contributed by atoms with Gasteiger partial charge >= 0.3 is 0 Å². The zero-order chi connectivity index (χ0) is 21.0. The molecule has 3 rings (SSSR count). The molecule has 2 aromatic carbocycles. The lowest BCUT2D eigenvalue weighted by Crippen LogP contribution is -2.08. The number of nitrogens with zero attached hydrogens (tertiary/aromatic N) is 1. The molecule has 0 saturated carbocycles. The van der Waals surface area contributed by atoms with Gasteiger partial charge in [0.25, 0.3) is 0 Å². The summed E-state index contributed by atoms with van der Waals surface area (Å²) in [6.07, 6.45) is 2.46. The number of aryl methyl sites for hydroxylation is 2. The lowest BCUT2D eigenvalue weighted by molar-refractivity contribution is -0.105. The van der Waals surface area contributed by atoms with E-state index in [4.69, 9.17) is 10.5 Å². The number of benzene rings is 2. The Morgan fingerprint density at radius 2 is 1.86 bits per heavy atom. The molecule has 1 unspecified atom stereocenters. The molecule has 0 bridgehead atoms. The minimum Gasteiger partial charge on any atom is -0.496 e. The van der Waals surface area contributed by atoms with Gasteiger partial charge in [-0.3, -0.25) is 9.78 Å². The number of amides is 1. The molecule has 1 heterocycles. The van der Waals surface area contributed by atoms with Crippen LogP contribution in [-0.2, 0) is 4.79 Å². The van der Waals surface area contributed by atoms with Gasteiger partial charge in [0.05, 0.1) is 18.5 Å². The fraction of sp³-hybridized carbons (Fsp3) is 0.250. The fourth-order valence-electron chi connectivity index (χ4n) is 3.58. The Hall–Kier alpha value is -3.18. The van der Waals surface area contributed by atoms with Crippen molar-refractivity contribution < 1.29 is 9.53 Å². The van der Waals surface area contributed by atoms with Crippen molar-refractivity contribution in [1.82, 2.24) is 4.98 Å². The van der Waals surface area contributed by atoms with E-state index in [9.17, 15) is 4.79 Å². The summed E-state index contributed by atoms with van der Waals surface area (Å²) in [5.41, 5.74) is 13.2. The van der Waals surface area contributed by atoms with Gasteiger partial charge in [-0.15, -0.1) is 0 Å². The number of carbonyl (C=O) groups is 1.